The van der Waals surface area contributed by atoms with E-state index in [1.54, 1.807) is 7.11 Å². The predicted molar refractivity (Wildman–Crippen MR) is 71.4 cm³/mol. The van der Waals surface area contributed by atoms with Gasteiger partial charge in [-0.15, -0.1) is 0 Å². The van der Waals surface area contributed by atoms with Crippen molar-refractivity contribution in [2.75, 3.05) is 7.11 Å². The van der Waals surface area contributed by atoms with Crippen molar-refractivity contribution in [1.29, 1.82) is 0 Å². The van der Waals surface area contributed by atoms with E-state index in [0.717, 1.165) is 5.02 Å². The van der Waals surface area contributed by atoms with E-state index in [0.29, 0.717) is 18.2 Å². The maximum absolute atomic E-state index is 5.89. The average molecular weight is 254 g/mol. The third kappa shape index (κ3) is 3.21. The lowest BCUT2D eigenvalue weighted by atomic mass is 10.1. The fraction of sp³-hybridized carbons (Fsp3) is 0.571. The summed E-state index contributed by atoms with van der Waals surface area (Å²) in [4.78, 5) is 0. The SMILES string of the molecule is COC1CCCC1NC(C)c1ccc(Cl)cc1. The third-order valence-corrected chi connectivity index (χ3v) is 3.84. The predicted octanol–water partition coefficient (Wildman–Crippen LogP) is 3.56. The third-order valence-electron chi connectivity index (χ3n) is 3.59. The van der Waals surface area contributed by atoms with Gasteiger partial charge in [0, 0.05) is 24.2 Å². The molecule has 0 aromatic heterocycles. The summed E-state index contributed by atoms with van der Waals surface area (Å²) in [6.45, 7) is 2.19. The quantitative estimate of drug-likeness (QED) is 0.886. The molecule has 0 spiro atoms. The zero-order chi connectivity index (χ0) is 12.3. The second-order valence-corrected chi connectivity index (χ2v) is 5.19. The van der Waals surface area contributed by atoms with E-state index in [2.05, 4.69) is 24.4 Å². The van der Waals surface area contributed by atoms with Crippen molar-refractivity contribution in [3.05, 3.63) is 34.9 Å². The first-order chi connectivity index (χ1) is 8.20. The molecule has 0 heterocycles. The molecule has 0 radical (unpaired) electrons. The van der Waals surface area contributed by atoms with E-state index in [-0.39, 0.29) is 0 Å². The van der Waals surface area contributed by atoms with Crippen LogP contribution in [0.5, 0.6) is 0 Å². The van der Waals surface area contributed by atoms with Gasteiger partial charge < -0.3 is 10.1 Å². The van der Waals surface area contributed by atoms with E-state index in [9.17, 15) is 0 Å². The van der Waals surface area contributed by atoms with Gasteiger partial charge in [0.1, 0.15) is 0 Å². The molecule has 3 atom stereocenters. The molecule has 0 amide bonds. The Morgan fingerprint density at radius 2 is 2.00 bits per heavy atom. The van der Waals surface area contributed by atoms with Gasteiger partial charge >= 0.3 is 0 Å². The van der Waals surface area contributed by atoms with Crippen LogP contribution in [0.25, 0.3) is 0 Å². The van der Waals surface area contributed by atoms with E-state index in [1.165, 1.54) is 24.8 Å². The maximum atomic E-state index is 5.89. The molecule has 1 aliphatic carbocycles. The van der Waals surface area contributed by atoms with Crippen molar-refractivity contribution in [2.45, 2.75) is 44.4 Å². The molecule has 3 unspecified atom stereocenters. The van der Waals surface area contributed by atoms with Gasteiger partial charge in [-0.3, -0.25) is 0 Å². The number of benzene rings is 1. The van der Waals surface area contributed by atoms with Gasteiger partial charge in [-0.05, 0) is 43.9 Å². The summed E-state index contributed by atoms with van der Waals surface area (Å²) in [5, 5.41) is 4.44. The fourth-order valence-corrected chi connectivity index (χ4v) is 2.69. The summed E-state index contributed by atoms with van der Waals surface area (Å²) in [5.74, 6) is 0. The second-order valence-electron chi connectivity index (χ2n) is 4.75. The van der Waals surface area contributed by atoms with Gasteiger partial charge in [-0.25, -0.2) is 0 Å². The van der Waals surface area contributed by atoms with Crippen molar-refractivity contribution < 1.29 is 4.74 Å². The minimum absolute atomic E-state index is 0.341. The zero-order valence-corrected chi connectivity index (χ0v) is 11.2. The van der Waals surface area contributed by atoms with Crippen LogP contribution in [0.4, 0.5) is 0 Å². The van der Waals surface area contributed by atoms with E-state index in [4.69, 9.17) is 16.3 Å². The molecule has 0 aliphatic heterocycles. The van der Waals surface area contributed by atoms with E-state index >= 15 is 0 Å². The topological polar surface area (TPSA) is 21.3 Å². The molecule has 1 aromatic carbocycles. The summed E-state index contributed by atoms with van der Waals surface area (Å²) in [7, 11) is 1.80. The lowest BCUT2D eigenvalue weighted by Crippen LogP contribution is -2.38. The van der Waals surface area contributed by atoms with Crippen molar-refractivity contribution in [1.82, 2.24) is 5.32 Å². The number of rotatable bonds is 4. The molecule has 0 saturated heterocycles. The summed E-state index contributed by atoms with van der Waals surface area (Å²) in [5.41, 5.74) is 1.27. The molecule has 1 saturated carbocycles. The van der Waals surface area contributed by atoms with Gasteiger partial charge in [0.2, 0.25) is 0 Å². The first kappa shape index (κ1) is 12.9. The largest absolute Gasteiger partial charge is 0.380 e. The Balaban J connectivity index is 1.96. The standard InChI is InChI=1S/C14H20ClNO/c1-10(11-6-8-12(15)9-7-11)16-13-4-3-5-14(13)17-2/h6-10,13-14,16H,3-5H2,1-2H3. The molecule has 2 nitrogen and oxygen atoms in total. The number of ether oxygens (including phenoxy) is 1. The molecule has 1 N–H and O–H groups in total. The molecular weight excluding hydrogens is 234 g/mol. The summed E-state index contributed by atoms with van der Waals surface area (Å²) < 4.78 is 5.50. The number of hydrogen-bond donors (Lipinski definition) is 1. The van der Waals surface area contributed by atoms with Gasteiger partial charge in [-0.1, -0.05) is 23.7 Å². The van der Waals surface area contributed by atoms with Crippen LogP contribution in [0.3, 0.4) is 0 Å². The van der Waals surface area contributed by atoms with Crippen LogP contribution in [-0.4, -0.2) is 19.3 Å². The highest BCUT2D eigenvalue weighted by atomic mass is 35.5. The average Bonchev–Trinajstić information content (AvgIpc) is 2.77. The Bertz CT molecular complexity index is 352. The smallest absolute Gasteiger partial charge is 0.0724 e. The van der Waals surface area contributed by atoms with Crippen LogP contribution in [0.2, 0.25) is 5.02 Å². The highest BCUT2D eigenvalue weighted by molar-refractivity contribution is 6.30. The van der Waals surface area contributed by atoms with Crippen LogP contribution in [-0.2, 0) is 4.74 Å². The van der Waals surface area contributed by atoms with Gasteiger partial charge in [0.05, 0.1) is 6.10 Å². The summed E-state index contributed by atoms with van der Waals surface area (Å²) in [6, 6.07) is 8.86. The minimum atomic E-state index is 0.341. The molecule has 2 rings (SSSR count). The summed E-state index contributed by atoms with van der Waals surface area (Å²) >= 11 is 5.89. The van der Waals surface area contributed by atoms with Crippen LogP contribution >= 0.6 is 11.6 Å². The Hall–Kier alpha value is -0.570. The zero-order valence-electron chi connectivity index (χ0n) is 10.4. The van der Waals surface area contributed by atoms with Crippen molar-refractivity contribution in [3.63, 3.8) is 0 Å². The Kier molecular flexibility index (Phi) is 4.43. The van der Waals surface area contributed by atoms with Crippen LogP contribution in [0, 0.1) is 0 Å². The molecule has 94 valence electrons. The molecule has 17 heavy (non-hydrogen) atoms. The van der Waals surface area contributed by atoms with Crippen LogP contribution < -0.4 is 5.32 Å². The molecule has 1 aromatic rings. The molecule has 1 aliphatic rings. The maximum Gasteiger partial charge on any atom is 0.0724 e. The number of hydrogen-bond acceptors (Lipinski definition) is 2. The summed E-state index contributed by atoms with van der Waals surface area (Å²) in [6.07, 6.45) is 3.99. The molecule has 1 fully saturated rings. The van der Waals surface area contributed by atoms with Gasteiger partial charge in [-0.2, -0.15) is 0 Å². The van der Waals surface area contributed by atoms with E-state index < -0.39 is 0 Å². The lowest BCUT2D eigenvalue weighted by Gasteiger charge is -2.24. The normalized spacial score (nSPS) is 26.1. The highest BCUT2D eigenvalue weighted by Crippen LogP contribution is 2.25. The Morgan fingerprint density at radius 3 is 2.65 bits per heavy atom. The van der Waals surface area contributed by atoms with E-state index in [1.807, 2.05) is 12.1 Å². The highest BCUT2D eigenvalue weighted by Gasteiger charge is 2.28. The molecule has 3 heteroatoms. The Labute approximate surface area is 108 Å². The number of methoxy groups -OCH3 is 1. The first-order valence-electron chi connectivity index (χ1n) is 6.25. The lowest BCUT2D eigenvalue weighted by molar-refractivity contribution is 0.0820. The fourth-order valence-electron chi connectivity index (χ4n) is 2.57. The van der Waals surface area contributed by atoms with Crippen molar-refractivity contribution in [2.24, 2.45) is 0 Å². The van der Waals surface area contributed by atoms with Gasteiger partial charge in [0.15, 0.2) is 0 Å². The van der Waals surface area contributed by atoms with Gasteiger partial charge in [0.25, 0.3) is 0 Å². The number of halogens is 1. The second kappa shape index (κ2) is 5.85. The molecule has 0 bridgehead atoms. The van der Waals surface area contributed by atoms with Crippen molar-refractivity contribution in [3.8, 4) is 0 Å². The monoisotopic (exact) mass is 253 g/mol. The molecular formula is C14H20ClNO. The van der Waals surface area contributed by atoms with Crippen molar-refractivity contribution >= 4 is 11.6 Å². The van der Waals surface area contributed by atoms with Crippen LogP contribution in [0.15, 0.2) is 24.3 Å². The first-order valence-corrected chi connectivity index (χ1v) is 6.63. The number of nitrogens with one attached hydrogen (secondary N) is 1. The van der Waals surface area contributed by atoms with Crippen LogP contribution in [0.1, 0.15) is 37.8 Å². The Morgan fingerprint density at radius 1 is 1.29 bits per heavy atom. The minimum Gasteiger partial charge on any atom is -0.380 e.